The zero-order valence-corrected chi connectivity index (χ0v) is 13.5. The molecule has 6 nitrogen and oxygen atoms in total. The van der Waals surface area contributed by atoms with Gasteiger partial charge in [0.15, 0.2) is 6.61 Å². The second-order valence-corrected chi connectivity index (χ2v) is 5.32. The van der Waals surface area contributed by atoms with Crippen molar-refractivity contribution in [2.24, 2.45) is 0 Å². The van der Waals surface area contributed by atoms with Crippen molar-refractivity contribution < 1.29 is 14.3 Å². The van der Waals surface area contributed by atoms with Crippen molar-refractivity contribution in [1.82, 2.24) is 4.98 Å². The molecule has 1 aromatic heterocycles. The van der Waals surface area contributed by atoms with Gasteiger partial charge in [0.25, 0.3) is 5.91 Å². The molecule has 120 valence electrons. The summed E-state index contributed by atoms with van der Waals surface area (Å²) in [5.74, 6) is -1.05. The summed E-state index contributed by atoms with van der Waals surface area (Å²) in [5, 5.41) is 2.93. The van der Waals surface area contributed by atoms with E-state index in [4.69, 9.17) is 16.3 Å². The molecule has 0 aliphatic rings. The number of halogens is 1. The molecule has 7 heteroatoms. The minimum absolute atomic E-state index is 0.234. The number of pyridine rings is 1. The second kappa shape index (κ2) is 7.60. The van der Waals surface area contributed by atoms with E-state index in [-0.39, 0.29) is 17.3 Å². The standard InChI is InChI=1S/C16H16ClN3O3/c1-20(2)13-6-4-12(5-7-13)19-15(21)10-23-16(22)11-3-8-14(17)18-9-11/h3-9H,10H2,1-2H3,(H,19,21). The predicted molar refractivity (Wildman–Crippen MR) is 88.9 cm³/mol. The molecule has 0 aliphatic heterocycles. The van der Waals surface area contributed by atoms with Crippen LogP contribution in [-0.2, 0) is 9.53 Å². The van der Waals surface area contributed by atoms with E-state index in [1.807, 2.05) is 31.1 Å². The number of amides is 1. The molecule has 0 atom stereocenters. The highest BCUT2D eigenvalue weighted by Crippen LogP contribution is 2.15. The van der Waals surface area contributed by atoms with Crippen LogP contribution in [0.15, 0.2) is 42.6 Å². The van der Waals surface area contributed by atoms with Gasteiger partial charge in [-0.15, -0.1) is 0 Å². The Labute approximate surface area is 139 Å². The molecular formula is C16H16ClN3O3. The van der Waals surface area contributed by atoms with E-state index in [0.717, 1.165) is 5.69 Å². The predicted octanol–water partition coefficient (Wildman–Crippen LogP) is 2.60. The first kappa shape index (κ1) is 16.8. The lowest BCUT2D eigenvalue weighted by Gasteiger charge is -2.13. The molecular weight excluding hydrogens is 318 g/mol. The minimum Gasteiger partial charge on any atom is -0.452 e. The van der Waals surface area contributed by atoms with Gasteiger partial charge >= 0.3 is 5.97 Å². The Morgan fingerprint density at radius 3 is 2.43 bits per heavy atom. The summed E-state index contributed by atoms with van der Waals surface area (Å²) >= 11 is 5.63. The average molecular weight is 334 g/mol. The molecule has 1 N–H and O–H groups in total. The zero-order valence-electron chi connectivity index (χ0n) is 12.7. The largest absolute Gasteiger partial charge is 0.452 e. The van der Waals surface area contributed by atoms with E-state index in [0.29, 0.717) is 5.69 Å². The minimum atomic E-state index is -0.632. The van der Waals surface area contributed by atoms with Gasteiger partial charge in [-0.2, -0.15) is 0 Å². The average Bonchev–Trinajstić information content (AvgIpc) is 2.54. The first-order valence-electron chi connectivity index (χ1n) is 6.81. The summed E-state index contributed by atoms with van der Waals surface area (Å²) in [4.78, 5) is 29.3. The Morgan fingerprint density at radius 2 is 1.87 bits per heavy atom. The number of ether oxygens (including phenoxy) is 1. The summed E-state index contributed by atoms with van der Waals surface area (Å²) in [7, 11) is 3.86. The number of aromatic nitrogens is 1. The van der Waals surface area contributed by atoms with Crippen LogP contribution in [0.4, 0.5) is 11.4 Å². The van der Waals surface area contributed by atoms with Gasteiger partial charge in [-0.05, 0) is 36.4 Å². The van der Waals surface area contributed by atoms with Crippen molar-refractivity contribution >= 4 is 34.9 Å². The van der Waals surface area contributed by atoms with E-state index >= 15 is 0 Å². The highest BCUT2D eigenvalue weighted by Gasteiger charge is 2.11. The monoisotopic (exact) mass is 333 g/mol. The van der Waals surface area contributed by atoms with Gasteiger partial charge in [0.1, 0.15) is 5.15 Å². The normalized spacial score (nSPS) is 10.0. The Kier molecular flexibility index (Phi) is 5.54. The maximum absolute atomic E-state index is 11.8. The lowest BCUT2D eigenvalue weighted by molar-refractivity contribution is -0.119. The van der Waals surface area contributed by atoms with Crippen LogP contribution in [0.25, 0.3) is 0 Å². The molecule has 0 saturated carbocycles. The van der Waals surface area contributed by atoms with Crippen molar-refractivity contribution in [2.75, 3.05) is 30.9 Å². The van der Waals surface area contributed by atoms with Gasteiger partial charge in [-0.3, -0.25) is 4.79 Å². The quantitative estimate of drug-likeness (QED) is 0.672. The van der Waals surface area contributed by atoms with Crippen LogP contribution in [0.2, 0.25) is 5.15 Å². The summed E-state index contributed by atoms with van der Waals surface area (Å²) in [6, 6.07) is 10.3. The number of hydrogen-bond acceptors (Lipinski definition) is 5. The first-order valence-corrected chi connectivity index (χ1v) is 7.19. The fourth-order valence-corrected chi connectivity index (χ4v) is 1.86. The highest BCUT2D eigenvalue weighted by atomic mass is 35.5. The molecule has 2 aromatic rings. The number of hydrogen-bond donors (Lipinski definition) is 1. The summed E-state index contributed by atoms with van der Waals surface area (Å²) < 4.78 is 4.92. The smallest absolute Gasteiger partial charge is 0.340 e. The lowest BCUT2D eigenvalue weighted by Crippen LogP contribution is -2.21. The summed E-state index contributed by atoms with van der Waals surface area (Å²) in [6.07, 6.45) is 1.29. The topological polar surface area (TPSA) is 71.5 Å². The van der Waals surface area contributed by atoms with Gasteiger partial charge in [0.2, 0.25) is 0 Å². The maximum atomic E-state index is 11.8. The van der Waals surface area contributed by atoms with Crippen LogP contribution in [0.5, 0.6) is 0 Å². The van der Waals surface area contributed by atoms with Gasteiger partial charge < -0.3 is 15.0 Å². The molecule has 0 spiro atoms. The van der Waals surface area contributed by atoms with Crippen LogP contribution in [0.1, 0.15) is 10.4 Å². The highest BCUT2D eigenvalue weighted by molar-refractivity contribution is 6.29. The van der Waals surface area contributed by atoms with Crippen LogP contribution in [0, 0.1) is 0 Å². The second-order valence-electron chi connectivity index (χ2n) is 4.94. The van der Waals surface area contributed by atoms with E-state index < -0.39 is 11.9 Å². The lowest BCUT2D eigenvalue weighted by atomic mass is 10.2. The number of nitrogens with one attached hydrogen (secondary N) is 1. The summed E-state index contributed by atoms with van der Waals surface area (Å²) in [5.41, 5.74) is 1.88. The van der Waals surface area contributed by atoms with Crippen LogP contribution in [0.3, 0.4) is 0 Å². The Bertz CT molecular complexity index is 685. The molecule has 1 heterocycles. The van der Waals surface area contributed by atoms with Crippen molar-refractivity contribution in [3.05, 3.63) is 53.3 Å². The molecule has 0 unspecified atom stereocenters. The Morgan fingerprint density at radius 1 is 1.17 bits per heavy atom. The fourth-order valence-electron chi connectivity index (χ4n) is 1.75. The van der Waals surface area contributed by atoms with Crippen molar-refractivity contribution in [3.8, 4) is 0 Å². The number of carbonyl (C=O) groups excluding carboxylic acids is 2. The number of rotatable bonds is 5. The van der Waals surface area contributed by atoms with Crippen LogP contribution >= 0.6 is 11.6 Å². The van der Waals surface area contributed by atoms with Crippen molar-refractivity contribution in [1.29, 1.82) is 0 Å². The third-order valence-electron chi connectivity index (χ3n) is 2.96. The fraction of sp³-hybridized carbons (Fsp3) is 0.188. The van der Waals surface area contributed by atoms with Gasteiger partial charge in [-0.1, -0.05) is 11.6 Å². The molecule has 2 rings (SSSR count). The van der Waals surface area contributed by atoms with E-state index in [1.54, 1.807) is 12.1 Å². The molecule has 0 radical (unpaired) electrons. The number of benzene rings is 1. The van der Waals surface area contributed by atoms with Crippen LogP contribution < -0.4 is 10.2 Å². The zero-order chi connectivity index (χ0) is 16.8. The van der Waals surface area contributed by atoms with Crippen LogP contribution in [-0.4, -0.2) is 37.6 Å². The van der Waals surface area contributed by atoms with E-state index in [2.05, 4.69) is 10.3 Å². The molecule has 1 amide bonds. The summed E-state index contributed by atoms with van der Waals surface area (Å²) in [6.45, 7) is -0.378. The molecule has 23 heavy (non-hydrogen) atoms. The van der Waals surface area contributed by atoms with Gasteiger partial charge in [-0.25, -0.2) is 9.78 Å². The van der Waals surface area contributed by atoms with E-state index in [9.17, 15) is 9.59 Å². The molecule has 0 fully saturated rings. The molecule has 0 bridgehead atoms. The number of anilines is 2. The number of carbonyl (C=O) groups is 2. The molecule has 1 aromatic carbocycles. The van der Waals surface area contributed by atoms with Gasteiger partial charge in [0.05, 0.1) is 5.56 Å². The molecule has 0 saturated heterocycles. The van der Waals surface area contributed by atoms with Crippen molar-refractivity contribution in [2.45, 2.75) is 0 Å². The molecule has 0 aliphatic carbocycles. The number of esters is 1. The maximum Gasteiger partial charge on any atom is 0.340 e. The van der Waals surface area contributed by atoms with Crippen molar-refractivity contribution in [3.63, 3.8) is 0 Å². The Hall–Kier alpha value is -2.60. The Balaban J connectivity index is 1.85. The number of nitrogens with zero attached hydrogens (tertiary/aromatic N) is 2. The van der Waals surface area contributed by atoms with Gasteiger partial charge in [0, 0.05) is 31.7 Å². The SMILES string of the molecule is CN(C)c1ccc(NC(=O)COC(=O)c2ccc(Cl)nc2)cc1. The third kappa shape index (κ3) is 4.96. The third-order valence-corrected chi connectivity index (χ3v) is 3.19. The van der Waals surface area contributed by atoms with E-state index in [1.165, 1.54) is 18.3 Å². The first-order chi connectivity index (χ1) is 11.0.